The van der Waals surface area contributed by atoms with E-state index in [2.05, 4.69) is 12.2 Å². The van der Waals surface area contributed by atoms with Gasteiger partial charge in [-0.1, -0.05) is 55.3 Å². The monoisotopic (exact) mass is 466 g/mol. The third-order valence-corrected chi connectivity index (χ3v) is 7.07. The van der Waals surface area contributed by atoms with Crippen LogP contribution in [0.2, 0.25) is 0 Å². The van der Waals surface area contributed by atoms with E-state index in [1.54, 1.807) is 48.5 Å². The quantitative estimate of drug-likeness (QED) is 0.444. The van der Waals surface area contributed by atoms with Crippen molar-refractivity contribution >= 4 is 21.6 Å². The molecule has 0 aliphatic heterocycles. The summed E-state index contributed by atoms with van der Waals surface area (Å²) >= 11 is 0. The topological polar surface area (TPSA) is 75.7 Å². The lowest BCUT2D eigenvalue weighted by Gasteiger charge is -2.22. The predicted molar refractivity (Wildman–Crippen MR) is 131 cm³/mol. The molecule has 3 aromatic carbocycles. The zero-order valence-electron chi connectivity index (χ0n) is 19.2. The molecule has 1 N–H and O–H groups in total. The number of anilines is 1. The zero-order valence-corrected chi connectivity index (χ0v) is 20.1. The third-order valence-electron chi connectivity index (χ3n) is 5.29. The Kier molecular flexibility index (Phi) is 8.11. The van der Waals surface area contributed by atoms with Crippen molar-refractivity contribution in [2.75, 3.05) is 24.5 Å². The molecule has 3 aromatic rings. The molecule has 0 aliphatic rings. The number of nitrogens with one attached hydrogen (secondary N) is 1. The smallest absolute Gasteiger partial charge is 0.264 e. The van der Waals surface area contributed by atoms with Crippen LogP contribution in [-0.4, -0.2) is 34.5 Å². The molecule has 0 unspecified atom stereocenters. The van der Waals surface area contributed by atoms with Gasteiger partial charge in [-0.15, -0.1) is 0 Å². The second kappa shape index (κ2) is 11.0. The second-order valence-electron chi connectivity index (χ2n) is 7.80. The van der Waals surface area contributed by atoms with Crippen LogP contribution in [0.3, 0.4) is 0 Å². The Morgan fingerprint density at radius 1 is 0.970 bits per heavy atom. The minimum absolute atomic E-state index is 0.171. The van der Waals surface area contributed by atoms with Crippen LogP contribution in [0.4, 0.5) is 5.69 Å². The average molecular weight is 467 g/mol. The van der Waals surface area contributed by atoms with Gasteiger partial charge in [0, 0.05) is 7.05 Å². The average Bonchev–Trinajstić information content (AvgIpc) is 2.82. The Bertz CT molecular complexity index is 1170. The molecule has 1 amide bonds. The van der Waals surface area contributed by atoms with Gasteiger partial charge in [-0.25, -0.2) is 8.42 Å². The van der Waals surface area contributed by atoms with Gasteiger partial charge >= 0.3 is 0 Å². The Hall–Kier alpha value is -3.32. The lowest BCUT2D eigenvalue weighted by Crippen LogP contribution is -2.32. The van der Waals surface area contributed by atoms with E-state index in [1.165, 1.54) is 12.6 Å². The number of benzene rings is 3. The van der Waals surface area contributed by atoms with E-state index in [1.807, 2.05) is 31.2 Å². The number of hydrogen-bond donors (Lipinski definition) is 1. The summed E-state index contributed by atoms with van der Waals surface area (Å²) in [6.07, 6.45) is 2.12. The molecule has 0 fully saturated rings. The molecule has 0 bridgehead atoms. The Labute approximate surface area is 196 Å². The van der Waals surface area contributed by atoms with Gasteiger partial charge in [-0.3, -0.25) is 9.10 Å². The maximum absolute atomic E-state index is 13.1. The number of rotatable bonds is 10. The first kappa shape index (κ1) is 24.3. The number of para-hydroxylation sites is 1. The van der Waals surface area contributed by atoms with Crippen molar-refractivity contribution in [1.82, 2.24) is 5.32 Å². The summed E-state index contributed by atoms with van der Waals surface area (Å²) in [5.41, 5.74) is 2.82. The number of sulfonamides is 1. The van der Waals surface area contributed by atoms with Gasteiger partial charge in [0.15, 0.2) is 0 Å². The first-order valence-corrected chi connectivity index (χ1v) is 12.4. The zero-order chi connectivity index (χ0) is 23.8. The molecule has 0 aromatic heterocycles. The summed E-state index contributed by atoms with van der Waals surface area (Å²) in [6.45, 7) is 4.63. The Morgan fingerprint density at radius 2 is 1.64 bits per heavy atom. The van der Waals surface area contributed by atoms with Crippen LogP contribution in [0.5, 0.6) is 5.75 Å². The lowest BCUT2D eigenvalue weighted by atomic mass is 10.1. The fraction of sp³-hybridized carbons (Fsp3) is 0.269. The van der Waals surface area contributed by atoms with Gasteiger partial charge in [0.1, 0.15) is 12.4 Å². The lowest BCUT2D eigenvalue weighted by molar-refractivity contribution is 0.0947. The standard InChI is InChI=1S/C26H30N2O4S/c1-4-7-21-12-14-22(15-13-21)32-19-18-27-26(29)24-8-5-6-9-25(24)28(3)33(30,31)23-16-10-20(2)11-17-23/h5-6,8-17H,4,7,18-19H2,1-3H3,(H,27,29). The summed E-state index contributed by atoms with van der Waals surface area (Å²) in [7, 11) is -2.35. The molecule has 0 radical (unpaired) electrons. The van der Waals surface area contributed by atoms with Crippen LogP contribution in [0.1, 0.15) is 34.8 Å². The molecular weight excluding hydrogens is 436 g/mol. The molecular formula is C26H30N2O4S. The van der Waals surface area contributed by atoms with E-state index in [-0.39, 0.29) is 22.9 Å². The molecule has 174 valence electrons. The van der Waals surface area contributed by atoms with Crippen LogP contribution in [0, 0.1) is 6.92 Å². The number of carbonyl (C=O) groups is 1. The third kappa shape index (κ3) is 6.14. The summed E-state index contributed by atoms with van der Waals surface area (Å²) in [5, 5.41) is 2.81. The molecule has 0 spiro atoms. The number of amides is 1. The number of ether oxygens (including phenoxy) is 1. The van der Waals surface area contributed by atoms with Gasteiger partial charge in [-0.2, -0.15) is 0 Å². The highest BCUT2D eigenvalue weighted by molar-refractivity contribution is 7.92. The summed E-state index contributed by atoms with van der Waals surface area (Å²) in [4.78, 5) is 13.0. The molecule has 7 heteroatoms. The molecule has 0 aliphatic carbocycles. The highest BCUT2D eigenvalue weighted by atomic mass is 32.2. The van der Waals surface area contributed by atoms with Crippen molar-refractivity contribution in [2.24, 2.45) is 0 Å². The first-order valence-electron chi connectivity index (χ1n) is 11.0. The maximum Gasteiger partial charge on any atom is 0.264 e. The normalized spacial score (nSPS) is 11.1. The van der Waals surface area contributed by atoms with E-state index in [0.29, 0.717) is 12.3 Å². The van der Waals surface area contributed by atoms with Crippen molar-refractivity contribution in [3.05, 3.63) is 89.5 Å². The van der Waals surface area contributed by atoms with Crippen molar-refractivity contribution < 1.29 is 17.9 Å². The van der Waals surface area contributed by atoms with Crippen LogP contribution in [0.15, 0.2) is 77.7 Å². The highest BCUT2D eigenvalue weighted by Gasteiger charge is 2.24. The van der Waals surface area contributed by atoms with Gasteiger partial charge in [-0.05, 0) is 55.3 Å². The van der Waals surface area contributed by atoms with Crippen molar-refractivity contribution in [1.29, 1.82) is 0 Å². The number of carbonyl (C=O) groups excluding carboxylic acids is 1. The predicted octanol–water partition coefficient (Wildman–Crippen LogP) is 4.58. The van der Waals surface area contributed by atoms with Crippen molar-refractivity contribution in [3.63, 3.8) is 0 Å². The first-order chi connectivity index (χ1) is 15.8. The maximum atomic E-state index is 13.1. The number of nitrogens with zero attached hydrogens (tertiary/aromatic N) is 1. The molecule has 0 saturated heterocycles. The van der Waals surface area contributed by atoms with E-state index >= 15 is 0 Å². The van der Waals surface area contributed by atoms with Crippen LogP contribution in [-0.2, 0) is 16.4 Å². The van der Waals surface area contributed by atoms with Gasteiger partial charge < -0.3 is 10.1 Å². The van der Waals surface area contributed by atoms with Gasteiger partial charge in [0.05, 0.1) is 22.7 Å². The fourth-order valence-corrected chi connectivity index (χ4v) is 4.62. The van der Waals surface area contributed by atoms with Crippen LogP contribution >= 0.6 is 0 Å². The van der Waals surface area contributed by atoms with E-state index in [9.17, 15) is 13.2 Å². The largest absolute Gasteiger partial charge is 0.492 e. The van der Waals surface area contributed by atoms with E-state index < -0.39 is 10.0 Å². The summed E-state index contributed by atoms with van der Waals surface area (Å²) < 4.78 is 33.0. The Balaban J connectivity index is 1.64. The van der Waals surface area contributed by atoms with E-state index in [4.69, 9.17) is 4.74 Å². The molecule has 3 rings (SSSR count). The van der Waals surface area contributed by atoms with E-state index in [0.717, 1.165) is 28.5 Å². The summed E-state index contributed by atoms with van der Waals surface area (Å²) in [5.74, 6) is 0.381. The fourth-order valence-electron chi connectivity index (χ4n) is 3.41. The van der Waals surface area contributed by atoms with Gasteiger partial charge in [0.2, 0.25) is 0 Å². The highest BCUT2D eigenvalue weighted by Crippen LogP contribution is 2.26. The SMILES string of the molecule is CCCc1ccc(OCCNC(=O)c2ccccc2N(C)S(=O)(=O)c2ccc(C)cc2)cc1. The van der Waals surface area contributed by atoms with Crippen LogP contribution in [0.25, 0.3) is 0 Å². The molecule has 0 heterocycles. The Morgan fingerprint density at radius 3 is 2.30 bits per heavy atom. The number of aryl methyl sites for hydroxylation is 2. The van der Waals surface area contributed by atoms with Crippen molar-refractivity contribution in [2.45, 2.75) is 31.6 Å². The van der Waals surface area contributed by atoms with Crippen LogP contribution < -0.4 is 14.4 Å². The second-order valence-corrected chi connectivity index (χ2v) is 9.77. The molecule has 0 atom stereocenters. The summed E-state index contributed by atoms with van der Waals surface area (Å²) in [6, 6.07) is 21.2. The minimum atomic E-state index is -3.81. The molecule has 6 nitrogen and oxygen atoms in total. The minimum Gasteiger partial charge on any atom is -0.492 e. The number of hydrogen-bond acceptors (Lipinski definition) is 4. The molecule has 0 saturated carbocycles. The molecule has 33 heavy (non-hydrogen) atoms. The van der Waals surface area contributed by atoms with Crippen molar-refractivity contribution in [3.8, 4) is 5.75 Å². The van der Waals surface area contributed by atoms with Gasteiger partial charge in [0.25, 0.3) is 15.9 Å².